The predicted octanol–water partition coefficient (Wildman–Crippen LogP) is 4.78. The van der Waals surface area contributed by atoms with Crippen molar-refractivity contribution in [2.45, 2.75) is 44.8 Å². The van der Waals surface area contributed by atoms with E-state index in [1.54, 1.807) is 18.7 Å². The highest BCUT2D eigenvalue weighted by Gasteiger charge is 2.28. The normalized spacial score (nSPS) is 12.3. The summed E-state index contributed by atoms with van der Waals surface area (Å²) in [5.74, 6) is 1.19. The average molecular weight is 447 g/mol. The minimum Gasteiger partial charge on any atom is -0.450 e. The number of nitrogens with one attached hydrogen (secondary N) is 2. The van der Waals surface area contributed by atoms with Gasteiger partial charge in [0.2, 0.25) is 5.91 Å². The van der Waals surface area contributed by atoms with E-state index >= 15 is 0 Å². The van der Waals surface area contributed by atoms with Crippen LogP contribution in [0.25, 0.3) is 0 Å². The molecule has 1 aromatic heterocycles. The van der Waals surface area contributed by atoms with Gasteiger partial charge in [0.15, 0.2) is 0 Å². The lowest BCUT2D eigenvalue weighted by molar-refractivity contribution is -0.116. The fourth-order valence-electron chi connectivity index (χ4n) is 3.34. The van der Waals surface area contributed by atoms with Gasteiger partial charge >= 0.3 is 6.09 Å². The van der Waals surface area contributed by atoms with E-state index in [2.05, 4.69) is 22.8 Å². The third-order valence-electron chi connectivity index (χ3n) is 4.70. The van der Waals surface area contributed by atoms with E-state index in [-0.39, 0.29) is 12.5 Å². The van der Waals surface area contributed by atoms with Gasteiger partial charge in [-0.25, -0.2) is 4.79 Å². The number of hydrogen-bond acceptors (Lipinski definition) is 6. The second kappa shape index (κ2) is 11.2. The van der Waals surface area contributed by atoms with Gasteiger partial charge in [-0.05, 0) is 49.5 Å². The number of hydrogen-bond donors (Lipinski definition) is 2. The highest BCUT2D eigenvalue weighted by atomic mass is 32.2. The maximum Gasteiger partial charge on any atom is 0.414 e. The van der Waals surface area contributed by atoms with Crippen LogP contribution in [-0.4, -0.2) is 30.3 Å². The lowest BCUT2D eigenvalue weighted by Gasteiger charge is -2.09. The minimum atomic E-state index is -0.770. The third-order valence-corrected chi connectivity index (χ3v) is 7.02. The summed E-state index contributed by atoms with van der Waals surface area (Å²) in [5, 5.41) is 5.68. The summed E-state index contributed by atoms with van der Waals surface area (Å²) < 4.78 is 4.80. The molecule has 1 aromatic carbocycles. The van der Waals surface area contributed by atoms with Crippen molar-refractivity contribution in [3.05, 3.63) is 51.9 Å². The van der Waals surface area contributed by atoms with Crippen molar-refractivity contribution >= 4 is 46.0 Å². The van der Waals surface area contributed by atoms with Gasteiger partial charge in [0.25, 0.3) is 5.91 Å². The van der Waals surface area contributed by atoms with Gasteiger partial charge in [-0.15, -0.1) is 11.3 Å². The van der Waals surface area contributed by atoms with Crippen molar-refractivity contribution in [2.75, 3.05) is 17.7 Å². The van der Waals surface area contributed by atoms with Crippen LogP contribution in [0.5, 0.6) is 0 Å². The summed E-state index contributed by atoms with van der Waals surface area (Å²) in [7, 11) is 0. The molecular weight excluding hydrogens is 420 g/mol. The first-order valence-corrected chi connectivity index (χ1v) is 12.1. The molecule has 2 aromatic rings. The number of ether oxygens (including phenoxy) is 1. The van der Waals surface area contributed by atoms with Crippen LogP contribution in [0.2, 0.25) is 0 Å². The molecule has 1 aliphatic carbocycles. The van der Waals surface area contributed by atoms with Crippen molar-refractivity contribution in [2.24, 2.45) is 0 Å². The molecule has 3 amide bonds. The van der Waals surface area contributed by atoms with Crippen molar-refractivity contribution in [3.63, 3.8) is 0 Å². The molecule has 0 bridgehead atoms. The van der Waals surface area contributed by atoms with Crippen LogP contribution >= 0.6 is 23.1 Å². The Balaban J connectivity index is 1.52. The maximum absolute atomic E-state index is 12.6. The largest absolute Gasteiger partial charge is 0.450 e. The van der Waals surface area contributed by atoms with Crippen LogP contribution < -0.4 is 10.6 Å². The van der Waals surface area contributed by atoms with Crippen LogP contribution in [0.3, 0.4) is 0 Å². The number of thiophene rings is 1. The first kappa shape index (κ1) is 22.4. The second-order valence-electron chi connectivity index (χ2n) is 6.93. The van der Waals surface area contributed by atoms with Crippen molar-refractivity contribution in [1.82, 2.24) is 5.32 Å². The number of anilines is 1. The van der Waals surface area contributed by atoms with Crippen LogP contribution in [0.15, 0.2) is 30.3 Å². The molecule has 0 atom stereocenters. The Morgan fingerprint density at radius 2 is 1.97 bits per heavy atom. The van der Waals surface area contributed by atoms with E-state index in [0.29, 0.717) is 17.0 Å². The molecule has 8 heteroatoms. The maximum atomic E-state index is 12.6. The van der Waals surface area contributed by atoms with Crippen molar-refractivity contribution in [3.8, 4) is 0 Å². The van der Waals surface area contributed by atoms with Gasteiger partial charge in [0.1, 0.15) is 5.00 Å². The quantitative estimate of drug-likeness (QED) is 0.542. The Kier molecular flexibility index (Phi) is 8.33. The zero-order chi connectivity index (χ0) is 21.3. The molecule has 1 aliphatic rings. The van der Waals surface area contributed by atoms with Crippen LogP contribution in [-0.2, 0) is 28.1 Å². The van der Waals surface area contributed by atoms with E-state index in [4.69, 9.17) is 4.74 Å². The van der Waals surface area contributed by atoms with Crippen LogP contribution in [0.4, 0.5) is 9.80 Å². The standard InChI is InChI=1S/C22H26N2O4S2/c1-2-28-22(27)24-20(26)19-16-10-6-11-17(16)30-21(19)23-18(25)12-7-13-29-14-15-8-4-3-5-9-15/h3-5,8-9H,2,6-7,10-14H2,1H3,(H,23,25)(H,24,26,27). The van der Waals surface area contributed by atoms with E-state index < -0.39 is 12.0 Å². The zero-order valence-electron chi connectivity index (χ0n) is 17.0. The molecule has 2 N–H and O–H groups in total. The van der Waals surface area contributed by atoms with Gasteiger partial charge in [-0.1, -0.05) is 30.3 Å². The van der Waals surface area contributed by atoms with Crippen LogP contribution in [0, 0.1) is 0 Å². The molecule has 0 saturated carbocycles. The van der Waals surface area contributed by atoms with Crippen molar-refractivity contribution in [1.29, 1.82) is 0 Å². The number of amides is 3. The smallest absolute Gasteiger partial charge is 0.414 e. The van der Waals surface area contributed by atoms with E-state index in [0.717, 1.165) is 47.6 Å². The fourth-order valence-corrected chi connectivity index (χ4v) is 5.57. The SMILES string of the molecule is CCOC(=O)NC(=O)c1c(NC(=O)CCCSCc2ccccc2)sc2c1CCC2. The van der Waals surface area contributed by atoms with E-state index in [1.807, 2.05) is 18.2 Å². The first-order chi connectivity index (χ1) is 14.6. The number of aryl methyl sites for hydroxylation is 1. The average Bonchev–Trinajstić information content (AvgIpc) is 3.29. The molecule has 0 unspecified atom stereocenters. The second-order valence-corrected chi connectivity index (χ2v) is 9.14. The molecule has 30 heavy (non-hydrogen) atoms. The van der Waals surface area contributed by atoms with Gasteiger partial charge in [0.05, 0.1) is 12.2 Å². The summed E-state index contributed by atoms with van der Waals surface area (Å²) in [6.07, 6.45) is 3.04. The van der Waals surface area contributed by atoms with Gasteiger partial charge in [0, 0.05) is 17.1 Å². The Bertz CT molecular complexity index is 896. The number of rotatable bonds is 9. The minimum absolute atomic E-state index is 0.111. The summed E-state index contributed by atoms with van der Waals surface area (Å²) in [4.78, 5) is 37.8. The Morgan fingerprint density at radius 3 is 2.73 bits per heavy atom. The number of benzene rings is 1. The molecule has 160 valence electrons. The number of carbonyl (C=O) groups is 3. The first-order valence-electron chi connectivity index (χ1n) is 10.1. The van der Waals surface area contributed by atoms with Crippen LogP contribution in [0.1, 0.15) is 52.5 Å². The molecule has 3 rings (SSSR count). The van der Waals surface area contributed by atoms with E-state index in [9.17, 15) is 14.4 Å². The zero-order valence-corrected chi connectivity index (χ0v) is 18.6. The summed E-state index contributed by atoms with van der Waals surface area (Å²) >= 11 is 3.24. The summed E-state index contributed by atoms with van der Waals surface area (Å²) in [6.45, 7) is 1.86. The van der Waals surface area contributed by atoms with Gasteiger partial charge < -0.3 is 10.1 Å². The highest BCUT2D eigenvalue weighted by Crippen LogP contribution is 2.39. The topological polar surface area (TPSA) is 84.5 Å². The van der Waals surface area contributed by atoms with E-state index in [1.165, 1.54) is 16.9 Å². The Morgan fingerprint density at radius 1 is 1.17 bits per heavy atom. The molecule has 1 heterocycles. The highest BCUT2D eigenvalue weighted by molar-refractivity contribution is 7.98. The number of thioether (sulfide) groups is 1. The lowest BCUT2D eigenvalue weighted by atomic mass is 10.1. The number of imide groups is 1. The number of alkyl carbamates (subject to hydrolysis) is 1. The number of fused-ring (bicyclic) bond motifs is 1. The molecule has 0 aliphatic heterocycles. The molecule has 0 spiro atoms. The molecule has 0 saturated heterocycles. The Labute approximate surface area is 184 Å². The molecule has 0 fully saturated rings. The lowest BCUT2D eigenvalue weighted by Crippen LogP contribution is -2.32. The third kappa shape index (κ3) is 6.09. The van der Waals surface area contributed by atoms with Crippen molar-refractivity contribution < 1.29 is 19.1 Å². The summed E-state index contributed by atoms with van der Waals surface area (Å²) in [5.41, 5.74) is 2.63. The number of carbonyl (C=O) groups excluding carboxylic acids is 3. The fraction of sp³-hybridized carbons (Fsp3) is 0.409. The summed E-state index contributed by atoms with van der Waals surface area (Å²) in [6, 6.07) is 10.2. The predicted molar refractivity (Wildman–Crippen MR) is 121 cm³/mol. The molecule has 0 radical (unpaired) electrons. The van der Waals surface area contributed by atoms with Gasteiger partial charge in [-0.2, -0.15) is 11.8 Å². The monoisotopic (exact) mass is 446 g/mol. The Hall–Kier alpha value is -2.32. The molecule has 6 nitrogen and oxygen atoms in total. The van der Waals surface area contributed by atoms with Gasteiger partial charge in [-0.3, -0.25) is 14.9 Å². The molecular formula is C22H26N2O4S2.